The average molecular weight is 329 g/mol. The Kier molecular flexibility index (Phi) is 3.88. The van der Waals surface area contributed by atoms with E-state index in [0.29, 0.717) is 12.1 Å². The SMILES string of the molecule is CN(C)c1ccc([C@@H]2CC(c3c(O)n(C)c(=O)[nH]c3=O)=NN2)cc1. The molecule has 1 aliphatic rings. The summed E-state index contributed by atoms with van der Waals surface area (Å²) in [6.07, 6.45) is 0.441. The molecule has 0 radical (unpaired) electrons. The molecule has 0 saturated carbocycles. The number of nitrogens with zero attached hydrogens (tertiary/aromatic N) is 3. The summed E-state index contributed by atoms with van der Waals surface area (Å²) in [7, 11) is 5.33. The van der Waals surface area contributed by atoms with E-state index in [9.17, 15) is 14.7 Å². The summed E-state index contributed by atoms with van der Waals surface area (Å²) in [5.74, 6) is -0.382. The number of aromatic hydroxyl groups is 1. The Hall–Kier alpha value is -3.03. The lowest BCUT2D eigenvalue weighted by atomic mass is 10.00. The Balaban J connectivity index is 1.87. The van der Waals surface area contributed by atoms with Crippen molar-refractivity contribution in [2.24, 2.45) is 12.1 Å². The number of aromatic nitrogens is 2. The van der Waals surface area contributed by atoms with Gasteiger partial charge in [0.15, 0.2) is 0 Å². The first-order valence-electron chi connectivity index (χ1n) is 7.50. The van der Waals surface area contributed by atoms with E-state index in [4.69, 9.17) is 0 Å². The van der Waals surface area contributed by atoms with Crippen LogP contribution >= 0.6 is 0 Å². The van der Waals surface area contributed by atoms with E-state index >= 15 is 0 Å². The standard InChI is InChI=1S/C16H19N5O3/c1-20(2)10-6-4-9(5-7-10)11-8-12(19-18-11)13-14(22)17-16(24)21(3)15(13)23/h4-7,11,18,23H,8H2,1-3H3,(H,17,22,24)/t11-/m0/s1. The average Bonchev–Trinajstić information content (AvgIpc) is 3.02. The van der Waals surface area contributed by atoms with Crippen molar-refractivity contribution >= 4 is 11.4 Å². The Bertz CT molecular complexity index is 909. The first-order valence-corrected chi connectivity index (χ1v) is 7.50. The summed E-state index contributed by atoms with van der Waals surface area (Å²) in [6.45, 7) is 0. The van der Waals surface area contributed by atoms with Crippen LogP contribution in [-0.2, 0) is 7.05 Å². The van der Waals surface area contributed by atoms with Gasteiger partial charge in [-0.25, -0.2) is 4.79 Å². The molecule has 3 rings (SSSR count). The highest BCUT2D eigenvalue weighted by molar-refractivity contribution is 6.03. The number of H-pyrrole nitrogens is 1. The maximum absolute atomic E-state index is 12.0. The number of hydrogen-bond donors (Lipinski definition) is 3. The van der Waals surface area contributed by atoms with E-state index < -0.39 is 11.2 Å². The second-order valence-electron chi connectivity index (χ2n) is 5.95. The van der Waals surface area contributed by atoms with Crippen LogP contribution in [-0.4, -0.2) is 34.5 Å². The molecule has 1 atom stereocenters. The molecular formula is C16H19N5O3. The Labute approximate surface area is 138 Å². The van der Waals surface area contributed by atoms with Gasteiger partial charge in [0, 0.05) is 33.3 Å². The fourth-order valence-electron chi connectivity index (χ4n) is 2.66. The van der Waals surface area contributed by atoms with Gasteiger partial charge >= 0.3 is 5.69 Å². The van der Waals surface area contributed by atoms with Crippen LogP contribution in [0.15, 0.2) is 39.0 Å². The molecule has 3 N–H and O–H groups in total. The maximum atomic E-state index is 12.0. The van der Waals surface area contributed by atoms with Gasteiger partial charge in [-0.2, -0.15) is 5.10 Å². The van der Waals surface area contributed by atoms with Crippen molar-refractivity contribution in [3.63, 3.8) is 0 Å². The van der Waals surface area contributed by atoms with E-state index in [1.54, 1.807) is 0 Å². The smallest absolute Gasteiger partial charge is 0.330 e. The number of nitrogens with one attached hydrogen (secondary N) is 2. The molecule has 1 aromatic heterocycles. The topological polar surface area (TPSA) is 103 Å². The minimum atomic E-state index is -0.663. The summed E-state index contributed by atoms with van der Waals surface area (Å²) >= 11 is 0. The second kappa shape index (κ2) is 5.88. The summed E-state index contributed by atoms with van der Waals surface area (Å²) in [5, 5.41) is 14.3. The normalized spacial score (nSPS) is 16.6. The highest BCUT2D eigenvalue weighted by atomic mass is 16.3. The number of hydrogen-bond acceptors (Lipinski definition) is 6. The number of anilines is 1. The molecule has 1 aromatic carbocycles. The van der Waals surface area contributed by atoms with Crippen LogP contribution < -0.4 is 21.6 Å². The van der Waals surface area contributed by atoms with E-state index in [1.165, 1.54) is 7.05 Å². The molecule has 24 heavy (non-hydrogen) atoms. The molecule has 8 nitrogen and oxygen atoms in total. The molecule has 8 heteroatoms. The summed E-state index contributed by atoms with van der Waals surface area (Å²) in [6, 6.07) is 7.91. The molecule has 0 saturated heterocycles. The van der Waals surface area contributed by atoms with Crippen molar-refractivity contribution in [2.45, 2.75) is 12.5 Å². The van der Waals surface area contributed by atoms with Gasteiger partial charge in [-0.1, -0.05) is 12.1 Å². The van der Waals surface area contributed by atoms with Crippen LogP contribution in [0.1, 0.15) is 23.6 Å². The molecule has 0 aliphatic carbocycles. The fourth-order valence-corrected chi connectivity index (χ4v) is 2.66. The lowest BCUT2D eigenvalue weighted by Crippen LogP contribution is -2.32. The van der Waals surface area contributed by atoms with Crippen molar-refractivity contribution in [3.8, 4) is 5.88 Å². The molecule has 2 heterocycles. The molecule has 126 valence electrons. The van der Waals surface area contributed by atoms with Gasteiger partial charge in [0.2, 0.25) is 5.88 Å². The summed E-state index contributed by atoms with van der Waals surface area (Å²) in [5.41, 5.74) is 4.24. The molecular weight excluding hydrogens is 310 g/mol. The number of rotatable bonds is 3. The van der Waals surface area contributed by atoms with Crippen LogP contribution in [0.4, 0.5) is 5.69 Å². The number of hydrazone groups is 1. The molecule has 2 aromatic rings. The van der Waals surface area contributed by atoms with Crippen molar-refractivity contribution in [2.75, 3.05) is 19.0 Å². The van der Waals surface area contributed by atoms with Gasteiger partial charge in [-0.05, 0) is 17.7 Å². The van der Waals surface area contributed by atoms with Gasteiger partial charge < -0.3 is 15.4 Å². The zero-order chi connectivity index (χ0) is 17.4. The van der Waals surface area contributed by atoms with Crippen molar-refractivity contribution in [1.29, 1.82) is 0 Å². The fraction of sp³-hybridized carbons (Fsp3) is 0.312. The van der Waals surface area contributed by atoms with E-state index in [-0.39, 0.29) is 17.5 Å². The quantitative estimate of drug-likeness (QED) is 0.751. The monoisotopic (exact) mass is 329 g/mol. The van der Waals surface area contributed by atoms with Crippen LogP contribution in [0.3, 0.4) is 0 Å². The van der Waals surface area contributed by atoms with Crippen molar-refractivity contribution < 1.29 is 5.11 Å². The highest BCUT2D eigenvalue weighted by Gasteiger charge is 2.26. The summed E-state index contributed by atoms with van der Waals surface area (Å²) in [4.78, 5) is 27.7. The molecule has 1 aliphatic heterocycles. The number of benzene rings is 1. The molecule has 0 bridgehead atoms. The van der Waals surface area contributed by atoms with Crippen LogP contribution in [0, 0.1) is 0 Å². The van der Waals surface area contributed by atoms with E-state index in [2.05, 4.69) is 15.5 Å². The van der Waals surface area contributed by atoms with Crippen molar-refractivity contribution in [1.82, 2.24) is 15.0 Å². The zero-order valence-corrected chi connectivity index (χ0v) is 13.7. The highest BCUT2D eigenvalue weighted by Crippen LogP contribution is 2.27. The van der Waals surface area contributed by atoms with Gasteiger partial charge in [-0.15, -0.1) is 0 Å². The third-order valence-corrected chi connectivity index (χ3v) is 4.15. The van der Waals surface area contributed by atoms with Crippen LogP contribution in [0.2, 0.25) is 0 Å². The Morgan fingerprint density at radius 1 is 1.25 bits per heavy atom. The molecule has 0 unspecified atom stereocenters. The van der Waals surface area contributed by atoms with Gasteiger partial charge in [0.05, 0.1) is 11.8 Å². The van der Waals surface area contributed by atoms with Gasteiger partial charge in [-0.3, -0.25) is 14.3 Å². The lowest BCUT2D eigenvalue weighted by molar-refractivity contribution is 0.416. The van der Waals surface area contributed by atoms with E-state index in [1.807, 2.05) is 43.3 Å². The minimum Gasteiger partial charge on any atom is -0.494 e. The maximum Gasteiger partial charge on any atom is 0.330 e. The number of aromatic amines is 1. The van der Waals surface area contributed by atoms with Crippen LogP contribution in [0.5, 0.6) is 5.88 Å². The Morgan fingerprint density at radius 2 is 1.92 bits per heavy atom. The van der Waals surface area contributed by atoms with Crippen molar-refractivity contribution in [3.05, 3.63) is 56.2 Å². The Morgan fingerprint density at radius 3 is 2.54 bits per heavy atom. The predicted octanol–water partition coefficient (Wildman–Crippen LogP) is 0.284. The van der Waals surface area contributed by atoms with Gasteiger partial charge in [0.1, 0.15) is 5.56 Å². The second-order valence-corrected chi connectivity index (χ2v) is 5.95. The molecule has 0 fully saturated rings. The molecule has 0 amide bonds. The largest absolute Gasteiger partial charge is 0.494 e. The minimum absolute atomic E-state index is 0.0250. The third kappa shape index (κ3) is 2.66. The first-order chi connectivity index (χ1) is 11.4. The first kappa shape index (κ1) is 15.9. The molecule has 0 spiro atoms. The third-order valence-electron chi connectivity index (χ3n) is 4.15. The lowest BCUT2D eigenvalue weighted by Gasteiger charge is -2.15. The van der Waals surface area contributed by atoms with Crippen LogP contribution in [0.25, 0.3) is 0 Å². The van der Waals surface area contributed by atoms with E-state index in [0.717, 1.165) is 15.8 Å². The summed E-state index contributed by atoms with van der Waals surface area (Å²) < 4.78 is 0.985. The zero-order valence-electron chi connectivity index (χ0n) is 13.7. The van der Waals surface area contributed by atoms with Gasteiger partial charge in [0.25, 0.3) is 5.56 Å². The predicted molar refractivity (Wildman–Crippen MR) is 91.8 cm³/mol.